The van der Waals surface area contributed by atoms with Gasteiger partial charge in [0.05, 0.1) is 12.2 Å². The summed E-state index contributed by atoms with van der Waals surface area (Å²) in [5.74, 6) is -0.543. The molecule has 1 aromatic rings. The van der Waals surface area contributed by atoms with Crippen LogP contribution in [-0.4, -0.2) is 24.5 Å². The molecule has 5 heteroatoms. The molecule has 0 aliphatic carbocycles. The molecule has 1 atom stereocenters. The van der Waals surface area contributed by atoms with Gasteiger partial charge in [0.25, 0.3) is 0 Å². The SMILES string of the molecule is CCCC(N)CC(=O)Nc1cccc(C(=O)OCC)c1. The molecule has 5 nitrogen and oxygen atoms in total. The minimum atomic E-state index is -0.397. The Bertz CT molecular complexity index is 460. The van der Waals surface area contributed by atoms with E-state index >= 15 is 0 Å². The summed E-state index contributed by atoms with van der Waals surface area (Å²) in [5, 5.41) is 2.74. The molecule has 3 N–H and O–H groups in total. The van der Waals surface area contributed by atoms with Gasteiger partial charge in [-0.1, -0.05) is 19.4 Å². The summed E-state index contributed by atoms with van der Waals surface area (Å²) in [6, 6.07) is 6.55. The number of benzene rings is 1. The van der Waals surface area contributed by atoms with Gasteiger partial charge in [0.15, 0.2) is 0 Å². The first-order valence-corrected chi connectivity index (χ1v) is 6.89. The Morgan fingerprint density at radius 2 is 2.10 bits per heavy atom. The van der Waals surface area contributed by atoms with Crippen LogP contribution in [-0.2, 0) is 9.53 Å². The highest BCUT2D eigenvalue weighted by Crippen LogP contribution is 2.12. The van der Waals surface area contributed by atoms with Crippen LogP contribution in [0.25, 0.3) is 0 Å². The lowest BCUT2D eigenvalue weighted by atomic mass is 10.1. The Morgan fingerprint density at radius 1 is 1.35 bits per heavy atom. The highest BCUT2D eigenvalue weighted by molar-refractivity contribution is 5.94. The molecule has 0 aliphatic rings. The Hall–Kier alpha value is -1.88. The number of anilines is 1. The third-order valence-electron chi connectivity index (χ3n) is 2.76. The Balaban J connectivity index is 2.61. The summed E-state index contributed by atoms with van der Waals surface area (Å²) >= 11 is 0. The number of esters is 1. The summed E-state index contributed by atoms with van der Waals surface area (Å²) < 4.78 is 4.91. The van der Waals surface area contributed by atoms with Gasteiger partial charge in [-0.25, -0.2) is 4.79 Å². The van der Waals surface area contributed by atoms with Gasteiger partial charge in [0.1, 0.15) is 0 Å². The molecule has 0 radical (unpaired) electrons. The summed E-state index contributed by atoms with van der Waals surface area (Å²) in [4.78, 5) is 23.4. The van der Waals surface area contributed by atoms with Gasteiger partial charge in [-0.15, -0.1) is 0 Å². The fraction of sp³-hybridized carbons (Fsp3) is 0.467. The quantitative estimate of drug-likeness (QED) is 0.750. The first kappa shape index (κ1) is 16.2. The first-order chi connectivity index (χ1) is 9.56. The van der Waals surface area contributed by atoms with Gasteiger partial charge in [-0.2, -0.15) is 0 Å². The van der Waals surface area contributed by atoms with Gasteiger partial charge in [-0.05, 0) is 31.5 Å². The monoisotopic (exact) mass is 278 g/mol. The average Bonchev–Trinajstić information content (AvgIpc) is 2.39. The standard InChI is InChI=1S/C15H22N2O3/c1-3-6-12(16)10-14(18)17-13-8-5-7-11(9-13)15(19)20-4-2/h5,7-9,12H,3-4,6,10,16H2,1-2H3,(H,17,18). The zero-order valence-corrected chi connectivity index (χ0v) is 12.0. The smallest absolute Gasteiger partial charge is 0.338 e. The minimum absolute atomic E-state index is 0.131. The summed E-state index contributed by atoms with van der Waals surface area (Å²) in [7, 11) is 0. The van der Waals surface area contributed by atoms with Crippen LogP contribution in [0.3, 0.4) is 0 Å². The lowest BCUT2D eigenvalue weighted by Crippen LogP contribution is -2.26. The Labute approximate surface area is 119 Å². The maximum atomic E-state index is 11.8. The van der Waals surface area contributed by atoms with Crippen LogP contribution >= 0.6 is 0 Å². The predicted octanol–water partition coefficient (Wildman–Crippen LogP) is 2.32. The Morgan fingerprint density at radius 3 is 2.75 bits per heavy atom. The van der Waals surface area contributed by atoms with Crippen molar-refractivity contribution in [3.05, 3.63) is 29.8 Å². The molecule has 1 aromatic carbocycles. The minimum Gasteiger partial charge on any atom is -0.462 e. The Kier molecular flexibility index (Phi) is 6.73. The van der Waals surface area contributed by atoms with Crippen molar-refractivity contribution >= 4 is 17.6 Å². The molecule has 0 saturated carbocycles. The maximum absolute atomic E-state index is 11.8. The molecule has 0 aliphatic heterocycles. The molecule has 1 unspecified atom stereocenters. The molecule has 0 saturated heterocycles. The van der Waals surface area contributed by atoms with Crippen molar-refractivity contribution in [1.29, 1.82) is 0 Å². The zero-order valence-electron chi connectivity index (χ0n) is 12.0. The molecule has 20 heavy (non-hydrogen) atoms. The van der Waals surface area contributed by atoms with E-state index in [4.69, 9.17) is 10.5 Å². The fourth-order valence-corrected chi connectivity index (χ4v) is 1.86. The van der Waals surface area contributed by atoms with Crippen molar-refractivity contribution < 1.29 is 14.3 Å². The van der Waals surface area contributed by atoms with E-state index in [1.165, 1.54) is 0 Å². The number of hydrogen-bond donors (Lipinski definition) is 2. The molecule has 0 heterocycles. The van der Waals surface area contributed by atoms with E-state index in [1.54, 1.807) is 31.2 Å². The van der Waals surface area contributed by atoms with Crippen molar-refractivity contribution in [1.82, 2.24) is 0 Å². The number of carbonyl (C=O) groups is 2. The van der Waals surface area contributed by atoms with E-state index in [-0.39, 0.29) is 18.4 Å². The van der Waals surface area contributed by atoms with Gasteiger partial charge < -0.3 is 15.8 Å². The van der Waals surface area contributed by atoms with Gasteiger partial charge in [0.2, 0.25) is 5.91 Å². The van der Waals surface area contributed by atoms with Crippen LogP contribution in [0.1, 0.15) is 43.5 Å². The third kappa shape index (κ3) is 5.40. The highest BCUT2D eigenvalue weighted by Gasteiger charge is 2.11. The zero-order chi connectivity index (χ0) is 15.0. The van der Waals surface area contributed by atoms with Crippen molar-refractivity contribution in [3.63, 3.8) is 0 Å². The second-order valence-electron chi connectivity index (χ2n) is 4.60. The van der Waals surface area contributed by atoms with Crippen molar-refractivity contribution in [2.24, 2.45) is 5.73 Å². The number of carbonyl (C=O) groups excluding carboxylic acids is 2. The van der Waals surface area contributed by atoms with Crippen LogP contribution in [0.2, 0.25) is 0 Å². The second-order valence-corrected chi connectivity index (χ2v) is 4.60. The van der Waals surface area contributed by atoms with Crippen molar-refractivity contribution in [2.45, 2.75) is 39.2 Å². The van der Waals surface area contributed by atoms with Gasteiger partial charge >= 0.3 is 5.97 Å². The summed E-state index contributed by atoms with van der Waals surface area (Å²) in [6.07, 6.45) is 2.04. The molecular formula is C15H22N2O3. The van der Waals surface area contributed by atoms with E-state index in [1.807, 2.05) is 6.92 Å². The summed E-state index contributed by atoms with van der Waals surface area (Å²) in [6.45, 7) is 4.10. The summed E-state index contributed by atoms with van der Waals surface area (Å²) in [5.41, 5.74) is 6.81. The molecule has 1 amide bonds. The van der Waals surface area contributed by atoms with Crippen LogP contribution in [0, 0.1) is 0 Å². The number of rotatable bonds is 7. The topological polar surface area (TPSA) is 81.4 Å². The highest BCUT2D eigenvalue weighted by atomic mass is 16.5. The molecule has 0 spiro atoms. The van der Waals surface area contributed by atoms with Crippen LogP contribution in [0.5, 0.6) is 0 Å². The molecule has 1 rings (SSSR count). The third-order valence-corrected chi connectivity index (χ3v) is 2.76. The van der Waals surface area contributed by atoms with Crippen molar-refractivity contribution in [2.75, 3.05) is 11.9 Å². The average molecular weight is 278 g/mol. The number of hydrogen-bond acceptors (Lipinski definition) is 4. The van der Waals surface area contributed by atoms with E-state index in [0.29, 0.717) is 17.9 Å². The van der Waals surface area contributed by atoms with Crippen LogP contribution in [0.15, 0.2) is 24.3 Å². The number of nitrogens with one attached hydrogen (secondary N) is 1. The molecule has 0 bridgehead atoms. The first-order valence-electron chi connectivity index (χ1n) is 6.89. The largest absolute Gasteiger partial charge is 0.462 e. The molecule has 0 fully saturated rings. The van der Waals surface area contributed by atoms with E-state index in [9.17, 15) is 9.59 Å². The molecule has 110 valence electrons. The lowest BCUT2D eigenvalue weighted by Gasteiger charge is -2.11. The van der Waals surface area contributed by atoms with E-state index < -0.39 is 5.97 Å². The number of ether oxygens (including phenoxy) is 1. The maximum Gasteiger partial charge on any atom is 0.338 e. The predicted molar refractivity (Wildman–Crippen MR) is 78.5 cm³/mol. The van der Waals surface area contributed by atoms with Crippen LogP contribution < -0.4 is 11.1 Å². The second kappa shape index (κ2) is 8.32. The van der Waals surface area contributed by atoms with Crippen molar-refractivity contribution in [3.8, 4) is 0 Å². The van der Waals surface area contributed by atoms with Gasteiger partial charge in [-0.3, -0.25) is 4.79 Å². The van der Waals surface area contributed by atoms with E-state index in [0.717, 1.165) is 12.8 Å². The van der Waals surface area contributed by atoms with Gasteiger partial charge in [0, 0.05) is 18.2 Å². The van der Waals surface area contributed by atoms with Crippen LogP contribution in [0.4, 0.5) is 5.69 Å². The molecular weight excluding hydrogens is 256 g/mol. The number of nitrogens with two attached hydrogens (primary N) is 1. The number of amides is 1. The fourth-order valence-electron chi connectivity index (χ4n) is 1.86. The lowest BCUT2D eigenvalue weighted by molar-refractivity contribution is -0.116. The normalized spacial score (nSPS) is 11.8. The van der Waals surface area contributed by atoms with E-state index in [2.05, 4.69) is 5.32 Å². The molecule has 0 aromatic heterocycles.